The number of nitrogens with zero attached hydrogens (tertiary/aromatic N) is 3. The van der Waals surface area contributed by atoms with E-state index in [4.69, 9.17) is 9.47 Å². The molecule has 1 aliphatic rings. The predicted octanol–water partition coefficient (Wildman–Crippen LogP) is 4.75. The van der Waals surface area contributed by atoms with E-state index in [0.717, 1.165) is 12.5 Å². The van der Waals surface area contributed by atoms with E-state index in [-0.39, 0.29) is 11.7 Å². The van der Waals surface area contributed by atoms with Gasteiger partial charge in [0.05, 0.1) is 36.5 Å². The van der Waals surface area contributed by atoms with Crippen molar-refractivity contribution in [3.05, 3.63) is 53.2 Å². The highest BCUT2D eigenvalue weighted by Gasteiger charge is 2.21. The van der Waals surface area contributed by atoms with Crippen LogP contribution in [0.4, 0.5) is 19.0 Å². The zero-order valence-electron chi connectivity index (χ0n) is 16.5. The Kier molecular flexibility index (Phi) is 5.72. The van der Waals surface area contributed by atoms with Crippen LogP contribution < -0.4 is 10.1 Å². The summed E-state index contributed by atoms with van der Waals surface area (Å²) in [5.41, 5.74) is 0.100. The fraction of sp³-hybridized carbons (Fsp3) is 0.381. The maximum atomic E-state index is 14.6. The van der Waals surface area contributed by atoms with E-state index in [1.807, 2.05) is 0 Å². The summed E-state index contributed by atoms with van der Waals surface area (Å²) in [7, 11) is 0. The predicted molar refractivity (Wildman–Crippen MR) is 105 cm³/mol. The van der Waals surface area contributed by atoms with Crippen molar-refractivity contribution in [1.29, 1.82) is 0 Å². The second-order valence-electron chi connectivity index (χ2n) is 7.18. The maximum Gasteiger partial charge on any atom is 0.266 e. The van der Waals surface area contributed by atoms with Crippen molar-refractivity contribution in [3.8, 4) is 5.88 Å². The molecule has 0 bridgehead atoms. The van der Waals surface area contributed by atoms with Crippen LogP contribution in [0.2, 0.25) is 0 Å². The molecule has 1 saturated heterocycles. The lowest BCUT2D eigenvalue weighted by Crippen LogP contribution is -2.16. The van der Waals surface area contributed by atoms with Gasteiger partial charge in [-0.15, -0.1) is 0 Å². The molecule has 3 heterocycles. The number of alkyl halides is 2. The van der Waals surface area contributed by atoms with Crippen LogP contribution in [0.3, 0.4) is 0 Å². The molecule has 1 N–H and O–H groups in total. The first kappa shape index (κ1) is 20.3. The van der Waals surface area contributed by atoms with Crippen LogP contribution in [0.5, 0.6) is 5.88 Å². The Hall–Kier alpha value is -2.94. The normalized spacial score (nSPS) is 17.5. The van der Waals surface area contributed by atoms with Gasteiger partial charge in [-0.1, -0.05) is 18.2 Å². The molecule has 0 spiro atoms. The van der Waals surface area contributed by atoms with E-state index in [1.165, 1.54) is 12.1 Å². The third-order valence-electron chi connectivity index (χ3n) is 4.96. The molecule has 30 heavy (non-hydrogen) atoms. The molecule has 6 nitrogen and oxygen atoms in total. The third kappa shape index (κ3) is 4.16. The highest BCUT2D eigenvalue weighted by atomic mass is 19.3. The minimum absolute atomic E-state index is 0.0668. The molecule has 1 fully saturated rings. The molecule has 1 aliphatic heterocycles. The summed E-state index contributed by atoms with van der Waals surface area (Å²) >= 11 is 0. The average Bonchev–Trinajstić information content (AvgIpc) is 3.21. The molecule has 158 valence electrons. The van der Waals surface area contributed by atoms with E-state index >= 15 is 0 Å². The van der Waals surface area contributed by atoms with Crippen molar-refractivity contribution in [2.75, 3.05) is 18.5 Å². The number of halogens is 3. The second-order valence-corrected chi connectivity index (χ2v) is 7.18. The molecule has 0 aliphatic carbocycles. The topological polar surface area (TPSA) is 69.2 Å². The lowest BCUT2D eigenvalue weighted by Gasteiger charge is -2.19. The molecule has 9 heteroatoms. The van der Waals surface area contributed by atoms with Gasteiger partial charge in [0.25, 0.3) is 6.43 Å². The van der Waals surface area contributed by atoms with Gasteiger partial charge in [-0.2, -0.15) is 0 Å². The van der Waals surface area contributed by atoms with Crippen LogP contribution >= 0.6 is 0 Å². The summed E-state index contributed by atoms with van der Waals surface area (Å²) in [4.78, 5) is 13.1. The third-order valence-corrected chi connectivity index (χ3v) is 4.96. The van der Waals surface area contributed by atoms with Gasteiger partial charge < -0.3 is 14.8 Å². The minimum Gasteiger partial charge on any atom is -0.472 e. The van der Waals surface area contributed by atoms with Gasteiger partial charge in [-0.25, -0.2) is 28.1 Å². The summed E-state index contributed by atoms with van der Waals surface area (Å²) in [5, 5.41) is 3.77. The number of rotatable bonds is 6. The Balaban J connectivity index is 1.66. The van der Waals surface area contributed by atoms with Crippen molar-refractivity contribution in [2.24, 2.45) is 0 Å². The number of benzene rings is 1. The number of hydrogen-bond acceptors (Lipinski definition) is 6. The first-order valence-electron chi connectivity index (χ1n) is 9.64. The zero-order valence-corrected chi connectivity index (χ0v) is 16.5. The van der Waals surface area contributed by atoms with Crippen LogP contribution in [-0.2, 0) is 4.74 Å². The van der Waals surface area contributed by atoms with Gasteiger partial charge in [-0.3, -0.25) is 0 Å². The molecule has 4 rings (SSSR count). The summed E-state index contributed by atoms with van der Waals surface area (Å²) in [6.07, 6.45) is -0.581. The van der Waals surface area contributed by atoms with E-state index in [9.17, 15) is 13.2 Å². The number of pyridine rings is 1. The highest BCUT2D eigenvalue weighted by Crippen LogP contribution is 2.31. The number of fused-ring (bicyclic) bond motifs is 1. The van der Waals surface area contributed by atoms with Crippen molar-refractivity contribution < 1.29 is 22.6 Å². The molecule has 3 aromatic rings. The van der Waals surface area contributed by atoms with E-state index in [0.29, 0.717) is 41.6 Å². The average molecular weight is 418 g/mol. The lowest BCUT2D eigenvalue weighted by atomic mass is 10.0. The van der Waals surface area contributed by atoms with E-state index < -0.39 is 23.8 Å². The van der Waals surface area contributed by atoms with Gasteiger partial charge in [0.1, 0.15) is 23.6 Å². The van der Waals surface area contributed by atoms with Gasteiger partial charge in [0.15, 0.2) is 0 Å². The standard InChI is InChI=1S/C21H21F3N4O2/c1-11(14-4-3-5-15(19(14)22)20(23)24)26-21-16-8-18(30-13-6-7-29-10-13)25-9-17(16)27-12(2)28-21/h3-5,8-9,11,13,20H,6-7,10H2,1-2H3,(H,26,27,28)/t11?,13-/m0/s1. The van der Waals surface area contributed by atoms with Crippen molar-refractivity contribution in [3.63, 3.8) is 0 Å². The monoisotopic (exact) mass is 418 g/mol. The van der Waals surface area contributed by atoms with Crippen molar-refractivity contribution >= 4 is 16.7 Å². The Morgan fingerprint density at radius 2 is 2.03 bits per heavy atom. The maximum absolute atomic E-state index is 14.6. The number of hydrogen-bond donors (Lipinski definition) is 1. The number of aromatic nitrogens is 3. The van der Waals surface area contributed by atoms with Crippen molar-refractivity contribution in [2.45, 2.75) is 38.8 Å². The SMILES string of the molecule is Cc1nc(NC(C)c2cccc(C(F)F)c2F)c2cc(O[C@H]3CCOC3)ncc2n1. The van der Waals surface area contributed by atoms with Gasteiger partial charge in [-0.05, 0) is 13.8 Å². The molecule has 1 aromatic carbocycles. The summed E-state index contributed by atoms with van der Waals surface area (Å²) < 4.78 is 51.9. The molecule has 0 amide bonds. The molecule has 2 aromatic heterocycles. The molecule has 1 unspecified atom stereocenters. The molecule has 0 radical (unpaired) electrons. The number of nitrogens with one attached hydrogen (secondary N) is 1. The van der Waals surface area contributed by atoms with Crippen LogP contribution in [-0.4, -0.2) is 34.3 Å². The Bertz CT molecular complexity index is 1060. The number of anilines is 1. The Labute approximate surface area is 171 Å². The second kappa shape index (κ2) is 8.43. The Morgan fingerprint density at radius 1 is 1.23 bits per heavy atom. The molecule has 2 atom stereocenters. The fourth-order valence-electron chi connectivity index (χ4n) is 3.43. The molecular weight excluding hydrogens is 397 g/mol. The van der Waals surface area contributed by atoms with Gasteiger partial charge in [0.2, 0.25) is 5.88 Å². The van der Waals surface area contributed by atoms with E-state index in [2.05, 4.69) is 20.3 Å². The van der Waals surface area contributed by atoms with Crippen LogP contribution in [0.25, 0.3) is 10.9 Å². The van der Waals surface area contributed by atoms with Crippen LogP contribution in [0.1, 0.15) is 42.8 Å². The summed E-state index contributed by atoms with van der Waals surface area (Å²) in [6, 6.07) is 5.09. The highest BCUT2D eigenvalue weighted by molar-refractivity contribution is 5.89. The largest absolute Gasteiger partial charge is 0.472 e. The molecular formula is C21H21F3N4O2. The van der Waals surface area contributed by atoms with E-state index in [1.54, 1.807) is 26.1 Å². The molecule has 0 saturated carbocycles. The number of aryl methyl sites for hydroxylation is 1. The van der Waals surface area contributed by atoms with Gasteiger partial charge in [0, 0.05) is 23.4 Å². The zero-order chi connectivity index (χ0) is 21.3. The number of ether oxygens (including phenoxy) is 2. The summed E-state index contributed by atoms with van der Waals surface area (Å²) in [6.45, 7) is 4.57. The smallest absolute Gasteiger partial charge is 0.266 e. The van der Waals surface area contributed by atoms with Crippen LogP contribution in [0, 0.1) is 12.7 Å². The first-order valence-corrected chi connectivity index (χ1v) is 9.64. The lowest BCUT2D eigenvalue weighted by molar-refractivity contribution is 0.138. The summed E-state index contributed by atoms with van der Waals surface area (Å²) in [5.74, 6) is 0.432. The minimum atomic E-state index is -2.88. The van der Waals surface area contributed by atoms with Crippen molar-refractivity contribution in [1.82, 2.24) is 15.0 Å². The fourth-order valence-corrected chi connectivity index (χ4v) is 3.43. The van der Waals surface area contributed by atoms with Gasteiger partial charge >= 0.3 is 0 Å². The first-order chi connectivity index (χ1) is 14.4. The Morgan fingerprint density at radius 3 is 2.77 bits per heavy atom. The van der Waals surface area contributed by atoms with Crippen LogP contribution in [0.15, 0.2) is 30.5 Å². The quantitative estimate of drug-likeness (QED) is 0.623.